The molecule has 1 amide bonds. The summed E-state index contributed by atoms with van der Waals surface area (Å²) >= 11 is 5.84. The van der Waals surface area contributed by atoms with E-state index in [1.54, 1.807) is 6.07 Å². The van der Waals surface area contributed by atoms with E-state index in [1.165, 1.54) is 13.1 Å². The Morgan fingerprint density at radius 2 is 2.04 bits per heavy atom. The summed E-state index contributed by atoms with van der Waals surface area (Å²) in [5, 5.41) is 6.01. The summed E-state index contributed by atoms with van der Waals surface area (Å²) < 4.78 is 4.83. The maximum atomic E-state index is 12.2. The number of nitrogens with one attached hydrogen (secondary N) is 2. The third kappa shape index (κ3) is 7.10. The molecule has 126 valence electrons. The first-order valence-electron chi connectivity index (χ1n) is 7.15. The van der Waals surface area contributed by atoms with Crippen molar-refractivity contribution < 1.29 is 19.1 Å². The molecule has 1 aromatic heterocycles. The number of carbonyl (C=O) groups is 3. The Hall–Kier alpha value is -2.15. The van der Waals surface area contributed by atoms with Gasteiger partial charge in [0.05, 0.1) is 17.8 Å². The molecule has 8 heteroatoms. The Bertz CT molecular complexity index is 590. The normalized spacial score (nSPS) is 10.3. The van der Waals surface area contributed by atoms with Crippen molar-refractivity contribution in [1.29, 1.82) is 0 Å². The molecule has 0 aliphatic carbocycles. The van der Waals surface area contributed by atoms with Gasteiger partial charge in [0.2, 0.25) is 0 Å². The smallest absolute Gasteiger partial charge is 0.313 e. The van der Waals surface area contributed by atoms with E-state index < -0.39 is 5.97 Å². The fraction of sp³-hybridized carbons (Fsp3) is 0.467. The lowest BCUT2D eigenvalue weighted by Crippen LogP contribution is -2.29. The minimum absolute atomic E-state index is 0.00812. The summed E-state index contributed by atoms with van der Waals surface area (Å²) in [6.45, 7) is 5.30. The number of nitrogens with zero attached hydrogens (tertiary/aromatic N) is 1. The first kappa shape index (κ1) is 18.9. The Balaban J connectivity index is 2.55. The van der Waals surface area contributed by atoms with Crippen LogP contribution in [0, 0.1) is 0 Å². The first-order valence-corrected chi connectivity index (χ1v) is 7.52. The topological polar surface area (TPSA) is 97.4 Å². The lowest BCUT2D eigenvalue weighted by Gasteiger charge is -2.14. The van der Waals surface area contributed by atoms with Crippen LogP contribution in [0.4, 0.5) is 5.69 Å². The summed E-state index contributed by atoms with van der Waals surface area (Å²) in [5.74, 6) is -1.24. The molecule has 2 N–H and O–H groups in total. The van der Waals surface area contributed by atoms with Crippen molar-refractivity contribution in [3.63, 3.8) is 0 Å². The molecule has 0 unspecified atom stereocenters. The highest BCUT2D eigenvalue weighted by Gasteiger charge is 2.14. The van der Waals surface area contributed by atoms with Gasteiger partial charge in [-0.2, -0.15) is 0 Å². The van der Waals surface area contributed by atoms with Crippen LogP contribution >= 0.6 is 11.6 Å². The number of ketones is 1. The zero-order valence-corrected chi connectivity index (χ0v) is 14.1. The highest BCUT2D eigenvalue weighted by Crippen LogP contribution is 2.19. The van der Waals surface area contributed by atoms with Crippen LogP contribution in [-0.4, -0.2) is 41.8 Å². The lowest BCUT2D eigenvalue weighted by atomic mass is 10.2. The zero-order chi connectivity index (χ0) is 17.4. The van der Waals surface area contributed by atoms with Gasteiger partial charge in [-0.05, 0) is 26.8 Å². The van der Waals surface area contributed by atoms with Gasteiger partial charge in [0, 0.05) is 12.2 Å². The Morgan fingerprint density at radius 1 is 1.35 bits per heavy atom. The number of pyridine rings is 1. The highest BCUT2D eigenvalue weighted by molar-refractivity contribution is 6.29. The molecule has 23 heavy (non-hydrogen) atoms. The number of esters is 1. The second-order valence-electron chi connectivity index (χ2n) is 5.21. The van der Waals surface area contributed by atoms with Crippen molar-refractivity contribution in [2.45, 2.75) is 33.2 Å². The van der Waals surface area contributed by atoms with Crippen LogP contribution in [0.25, 0.3) is 0 Å². The maximum absolute atomic E-state index is 12.2. The fourth-order valence-corrected chi connectivity index (χ4v) is 1.88. The first-order chi connectivity index (χ1) is 10.8. The number of aromatic nitrogens is 1. The largest absolute Gasteiger partial charge is 0.463 e. The molecule has 1 aromatic rings. The summed E-state index contributed by atoms with van der Waals surface area (Å²) in [4.78, 5) is 38.0. The van der Waals surface area contributed by atoms with E-state index >= 15 is 0 Å². The average Bonchev–Trinajstić information content (AvgIpc) is 2.42. The van der Waals surface area contributed by atoms with E-state index in [0.717, 1.165) is 0 Å². The number of ether oxygens (including phenoxy) is 1. The summed E-state index contributed by atoms with van der Waals surface area (Å²) in [7, 11) is 0. The molecule has 1 heterocycles. The molecule has 0 fully saturated rings. The molecule has 0 radical (unpaired) electrons. The number of hydrogen-bond acceptors (Lipinski definition) is 6. The van der Waals surface area contributed by atoms with Crippen LogP contribution < -0.4 is 10.6 Å². The second kappa shape index (κ2) is 9.09. The van der Waals surface area contributed by atoms with Gasteiger partial charge in [0.25, 0.3) is 5.91 Å². The van der Waals surface area contributed by atoms with Gasteiger partial charge >= 0.3 is 5.97 Å². The van der Waals surface area contributed by atoms with Crippen LogP contribution in [0.15, 0.2) is 12.3 Å². The highest BCUT2D eigenvalue weighted by atomic mass is 35.5. The van der Waals surface area contributed by atoms with Gasteiger partial charge in [-0.25, -0.2) is 4.98 Å². The van der Waals surface area contributed by atoms with Gasteiger partial charge in [-0.1, -0.05) is 11.6 Å². The molecule has 0 saturated heterocycles. The lowest BCUT2D eigenvalue weighted by molar-refractivity contribution is -0.145. The molecule has 0 aliphatic heterocycles. The Labute approximate surface area is 139 Å². The van der Waals surface area contributed by atoms with E-state index in [2.05, 4.69) is 15.6 Å². The van der Waals surface area contributed by atoms with Crippen LogP contribution in [0.2, 0.25) is 5.15 Å². The monoisotopic (exact) mass is 341 g/mol. The van der Waals surface area contributed by atoms with Crippen molar-refractivity contribution >= 4 is 34.9 Å². The SMILES string of the molecule is CC(=O)CC(=O)OCCNC(=O)c1cnc(Cl)cc1NC(C)C. The Morgan fingerprint density at radius 3 is 2.65 bits per heavy atom. The number of anilines is 1. The summed E-state index contributed by atoms with van der Waals surface area (Å²) in [5.41, 5.74) is 0.921. The molecular formula is C15H20ClN3O4. The molecule has 0 aliphatic rings. The predicted octanol–water partition coefficient (Wildman–Crippen LogP) is 1.81. The van der Waals surface area contributed by atoms with Crippen LogP contribution in [-0.2, 0) is 14.3 Å². The van der Waals surface area contributed by atoms with Gasteiger partial charge in [0.1, 0.15) is 24.0 Å². The van der Waals surface area contributed by atoms with Crippen molar-refractivity contribution in [3.8, 4) is 0 Å². The van der Waals surface area contributed by atoms with Gasteiger partial charge in [0.15, 0.2) is 0 Å². The minimum atomic E-state index is -0.609. The number of amides is 1. The standard InChI is InChI=1S/C15H20ClN3O4/c1-9(2)19-12-7-13(16)18-8-11(12)15(22)17-4-5-23-14(21)6-10(3)20/h7-9H,4-6H2,1-3H3,(H,17,22)(H,18,19). The van der Waals surface area contributed by atoms with E-state index in [1.807, 2.05) is 13.8 Å². The van der Waals surface area contributed by atoms with Gasteiger partial charge in [-0.3, -0.25) is 14.4 Å². The Kier molecular flexibility index (Phi) is 7.47. The third-order valence-electron chi connectivity index (χ3n) is 2.60. The molecule has 0 atom stereocenters. The van der Waals surface area contributed by atoms with Gasteiger partial charge < -0.3 is 15.4 Å². The van der Waals surface area contributed by atoms with Crippen LogP contribution in [0.1, 0.15) is 37.6 Å². The molecule has 1 rings (SSSR count). The van der Waals surface area contributed by atoms with E-state index in [9.17, 15) is 14.4 Å². The number of rotatable bonds is 8. The van der Waals surface area contributed by atoms with Gasteiger partial charge in [-0.15, -0.1) is 0 Å². The molecule has 7 nitrogen and oxygen atoms in total. The third-order valence-corrected chi connectivity index (χ3v) is 2.81. The fourth-order valence-electron chi connectivity index (χ4n) is 1.72. The van der Waals surface area contributed by atoms with E-state index in [4.69, 9.17) is 16.3 Å². The van der Waals surface area contributed by atoms with Crippen molar-refractivity contribution in [2.24, 2.45) is 0 Å². The second-order valence-corrected chi connectivity index (χ2v) is 5.59. The number of Topliss-reactive ketones (excluding diaryl/α,β-unsaturated/α-hetero) is 1. The average molecular weight is 342 g/mol. The molecule has 0 spiro atoms. The van der Waals surface area contributed by atoms with Crippen LogP contribution in [0.3, 0.4) is 0 Å². The van der Waals surface area contributed by atoms with E-state index in [0.29, 0.717) is 11.3 Å². The molecule has 0 saturated carbocycles. The molecule has 0 aromatic carbocycles. The maximum Gasteiger partial charge on any atom is 0.313 e. The zero-order valence-electron chi connectivity index (χ0n) is 13.3. The van der Waals surface area contributed by atoms with Crippen molar-refractivity contribution in [3.05, 3.63) is 23.0 Å². The number of carbonyl (C=O) groups excluding carboxylic acids is 3. The quantitative estimate of drug-likeness (QED) is 0.324. The van der Waals surface area contributed by atoms with Crippen LogP contribution in [0.5, 0.6) is 0 Å². The number of halogens is 1. The predicted molar refractivity (Wildman–Crippen MR) is 86.6 cm³/mol. The number of hydrogen-bond donors (Lipinski definition) is 2. The van der Waals surface area contributed by atoms with Crippen molar-refractivity contribution in [2.75, 3.05) is 18.5 Å². The van der Waals surface area contributed by atoms with E-state index in [-0.39, 0.29) is 42.5 Å². The minimum Gasteiger partial charge on any atom is -0.463 e. The summed E-state index contributed by atoms with van der Waals surface area (Å²) in [6, 6.07) is 1.69. The van der Waals surface area contributed by atoms with Crippen molar-refractivity contribution in [1.82, 2.24) is 10.3 Å². The summed E-state index contributed by atoms with van der Waals surface area (Å²) in [6.07, 6.45) is 1.11. The molecular weight excluding hydrogens is 322 g/mol. The molecule has 0 bridgehead atoms.